The Balaban J connectivity index is 2.08. The van der Waals surface area contributed by atoms with Gasteiger partial charge >= 0.3 is 6.09 Å². The van der Waals surface area contributed by atoms with Gasteiger partial charge in [-0.05, 0) is 30.5 Å². The standard InChI is InChI=1S/C26H36N2O3/c1-3-5-13-19-27(20-14-6-4-2)25(29)21-28(24-17-11-8-12-18-24)26(30)31-22-23-15-9-7-10-16-23/h7-12,15-18H,3-6,13-14,19-22H2,1-2H3. The number of carbonyl (C=O) groups is 2. The Hall–Kier alpha value is -2.82. The number of benzene rings is 2. The first-order chi connectivity index (χ1) is 15.2. The monoisotopic (exact) mass is 424 g/mol. The Morgan fingerprint density at radius 1 is 0.774 bits per heavy atom. The van der Waals surface area contributed by atoms with E-state index in [0.717, 1.165) is 57.2 Å². The molecule has 0 saturated carbocycles. The summed E-state index contributed by atoms with van der Waals surface area (Å²) in [5.41, 5.74) is 1.58. The summed E-state index contributed by atoms with van der Waals surface area (Å²) in [5.74, 6) is -0.0345. The first-order valence-corrected chi connectivity index (χ1v) is 11.5. The first kappa shape index (κ1) is 24.4. The van der Waals surface area contributed by atoms with E-state index in [9.17, 15) is 9.59 Å². The van der Waals surface area contributed by atoms with Crippen LogP contribution in [0.4, 0.5) is 10.5 Å². The minimum Gasteiger partial charge on any atom is -0.444 e. The fraction of sp³-hybridized carbons (Fsp3) is 0.462. The predicted molar refractivity (Wildman–Crippen MR) is 126 cm³/mol. The van der Waals surface area contributed by atoms with Crippen LogP contribution in [0.3, 0.4) is 0 Å². The summed E-state index contributed by atoms with van der Waals surface area (Å²) in [6.45, 7) is 5.94. The van der Waals surface area contributed by atoms with Gasteiger partial charge in [0.15, 0.2) is 0 Å². The molecule has 2 aromatic rings. The maximum atomic E-state index is 13.2. The molecule has 0 fully saturated rings. The number of nitrogens with zero attached hydrogens (tertiary/aromatic N) is 2. The molecule has 0 saturated heterocycles. The highest BCUT2D eigenvalue weighted by molar-refractivity contribution is 5.94. The van der Waals surface area contributed by atoms with Gasteiger partial charge in [-0.25, -0.2) is 4.79 Å². The van der Waals surface area contributed by atoms with Crippen molar-refractivity contribution < 1.29 is 14.3 Å². The van der Waals surface area contributed by atoms with E-state index < -0.39 is 6.09 Å². The van der Waals surface area contributed by atoms with Crippen molar-refractivity contribution in [3.05, 3.63) is 66.2 Å². The van der Waals surface area contributed by atoms with E-state index in [2.05, 4.69) is 13.8 Å². The molecule has 0 aliphatic heterocycles. The second kappa shape index (κ2) is 14.2. The topological polar surface area (TPSA) is 49.9 Å². The molecule has 5 nitrogen and oxygen atoms in total. The van der Waals surface area contributed by atoms with Crippen molar-refractivity contribution in [3.63, 3.8) is 0 Å². The molecule has 0 radical (unpaired) electrons. The van der Waals surface area contributed by atoms with Crippen LogP contribution >= 0.6 is 0 Å². The SMILES string of the molecule is CCCCCN(CCCCC)C(=O)CN(C(=O)OCc1ccccc1)c1ccccc1. The van der Waals surface area contributed by atoms with E-state index in [1.54, 1.807) is 0 Å². The third-order valence-corrected chi connectivity index (χ3v) is 5.20. The summed E-state index contributed by atoms with van der Waals surface area (Å²) in [6.07, 6.45) is 5.87. The van der Waals surface area contributed by atoms with Crippen molar-refractivity contribution in [1.29, 1.82) is 0 Å². The number of rotatable bonds is 13. The number of ether oxygens (including phenoxy) is 1. The van der Waals surface area contributed by atoms with Crippen LogP contribution in [-0.4, -0.2) is 36.5 Å². The van der Waals surface area contributed by atoms with Crippen LogP contribution in [0.1, 0.15) is 57.9 Å². The van der Waals surface area contributed by atoms with Crippen molar-refractivity contribution in [2.45, 2.75) is 59.0 Å². The van der Waals surface area contributed by atoms with Gasteiger partial charge < -0.3 is 9.64 Å². The molecular weight excluding hydrogens is 388 g/mol. The maximum absolute atomic E-state index is 13.2. The molecule has 0 spiro atoms. The molecule has 31 heavy (non-hydrogen) atoms. The highest BCUT2D eigenvalue weighted by Gasteiger charge is 2.23. The van der Waals surface area contributed by atoms with E-state index in [1.807, 2.05) is 65.6 Å². The summed E-state index contributed by atoms with van der Waals surface area (Å²) >= 11 is 0. The number of hydrogen-bond acceptors (Lipinski definition) is 3. The van der Waals surface area contributed by atoms with E-state index in [4.69, 9.17) is 4.74 Å². The van der Waals surface area contributed by atoms with Gasteiger partial charge in [-0.1, -0.05) is 88.1 Å². The largest absolute Gasteiger partial charge is 0.444 e. The highest BCUT2D eigenvalue weighted by Crippen LogP contribution is 2.16. The number of anilines is 1. The van der Waals surface area contributed by atoms with Crippen LogP contribution in [0.25, 0.3) is 0 Å². The lowest BCUT2D eigenvalue weighted by Crippen LogP contribution is -2.44. The highest BCUT2D eigenvalue weighted by atomic mass is 16.6. The number of amides is 2. The minimum atomic E-state index is -0.509. The molecule has 0 N–H and O–H groups in total. The molecule has 0 bridgehead atoms. The van der Waals surface area contributed by atoms with Gasteiger partial charge in [0, 0.05) is 18.8 Å². The van der Waals surface area contributed by atoms with Crippen LogP contribution in [0.5, 0.6) is 0 Å². The van der Waals surface area contributed by atoms with Crippen LogP contribution in [0.15, 0.2) is 60.7 Å². The molecule has 168 valence electrons. The summed E-state index contributed by atoms with van der Waals surface area (Å²) in [7, 11) is 0. The van der Waals surface area contributed by atoms with Crippen LogP contribution in [-0.2, 0) is 16.1 Å². The van der Waals surface area contributed by atoms with Gasteiger partial charge in [0.2, 0.25) is 5.91 Å². The van der Waals surface area contributed by atoms with E-state index in [1.165, 1.54) is 4.90 Å². The van der Waals surface area contributed by atoms with Crippen molar-refractivity contribution in [2.75, 3.05) is 24.5 Å². The summed E-state index contributed by atoms with van der Waals surface area (Å²) in [4.78, 5) is 29.5. The zero-order valence-electron chi connectivity index (χ0n) is 19.0. The second-order valence-electron chi connectivity index (χ2n) is 7.76. The smallest absolute Gasteiger partial charge is 0.415 e. The van der Waals surface area contributed by atoms with Crippen LogP contribution < -0.4 is 4.90 Å². The number of carbonyl (C=O) groups excluding carboxylic acids is 2. The van der Waals surface area contributed by atoms with Gasteiger partial charge in [-0.15, -0.1) is 0 Å². The average molecular weight is 425 g/mol. The van der Waals surface area contributed by atoms with Crippen LogP contribution in [0, 0.1) is 0 Å². The molecule has 2 amide bonds. The van der Waals surface area contributed by atoms with Gasteiger partial charge in [0.25, 0.3) is 0 Å². The Kier molecular flexibility index (Phi) is 11.2. The number of unbranched alkanes of at least 4 members (excludes halogenated alkanes) is 4. The van der Waals surface area contributed by atoms with E-state index in [0.29, 0.717) is 5.69 Å². The second-order valence-corrected chi connectivity index (χ2v) is 7.76. The molecule has 0 unspecified atom stereocenters. The van der Waals surface area contributed by atoms with Gasteiger partial charge in [0.1, 0.15) is 13.2 Å². The normalized spacial score (nSPS) is 10.5. The summed E-state index contributed by atoms with van der Waals surface area (Å²) < 4.78 is 5.54. The van der Waals surface area contributed by atoms with Gasteiger partial charge in [-0.3, -0.25) is 9.69 Å². The Labute approximate surface area is 187 Å². The molecule has 0 heterocycles. The van der Waals surface area contributed by atoms with Crippen molar-refractivity contribution in [1.82, 2.24) is 4.90 Å². The Morgan fingerprint density at radius 3 is 1.87 bits per heavy atom. The Morgan fingerprint density at radius 2 is 1.32 bits per heavy atom. The lowest BCUT2D eigenvalue weighted by Gasteiger charge is -2.27. The van der Waals surface area contributed by atoms with E-state index >= 15 is 0 Å². The van der Waals surface area contributed by atoms with Crippen LogP contribution in [0.2, 0.25) is 0 Å². The molecular formula is C26H36N2O3. The first-order valence-electron chi connectivity index (χ1n) is 11.5. The minimum absolute atomic E-state index is 0.0180. The molecule has 0 aromatic heterocycles. The Bertz CT molecular complexity index is 755. The molecule has 5 heteroatoms. The summed E-state index contributed by atoms with van der Waals surface area (Å²) in [6, 6.07) is 18.8. The lowest BCUT2D eigenvalue weighted by molar-refractivity contribution is -0.129. The fourth-order valence-electron chi connectivity index (χ4n) is 3.37. The molecule has 0 aliphatic carbocycles. The van der Waals surface area contributed by atoms with Crippen molar-refractivity contribution >= 4 is 17.7 Å². The van der Waals surface area contributed by atoms with Gasteiger partial charge in [-0.2, -0.15) is 0 Å². The van der Waals surface area contributed by atoms with E-state index in [-0.39, 0.29) is 19.1 Å². The molecule has 2 rings (SSSR count). The van der Waals surface area contributed by atoms with Gasteiger partial charge in [0.05, 0.1) is 0 Å². The third kappa shape index (κ3) is 8.83. The number of hydrogen-bond donors (Lipinski definition) is 0. The lowest BCUT2D eigenvalue weighted by atomic mass is 10.2. The fourth-order valence-corrected chi connectivity index (χ4v) is 3.37. The van der Waals surface area contributed by atoms with Crippen molar-refractivity contribution in [3.8, 4) is 0 Å². The third-order valence-electron chi connectivity index (χ3n) is 5.20. The number of para-hydroxylation sites is 1. The zero-order valence-corrected chi connectivity index (χ0v) is 19.0. The molecule has 0 aliphatic rings. The average Bonchev–Trinajstić information content (AvgIpc) is 2.81. The molecule has 2 aromatic carbocycles. The summed E-state index contributed by atoms with van der Waals surface area (Å²) in [5, 5.41) is 0. The van der Waals surface area contributed by atoms with Crippen molar-refractivity contribution in [2.24, 2.45) is 0 Å². The predicted octanol–water partition coefficient (Wildman–Crippen LogP) is 6.04. The maximum Gasteiger partial charge on any atom is 0.415 e. The quantitative estimate of drug-likeness (QED) is 0.368. The molecule has 0 atom stereocenters. The zero-order chi connectivity index (χ0) is 22.3.